The molecule has 0 aliphatic rings. The molecule has 0 spiro atoms. The first-order chi connectivity index (χ1) is 20.1. The quantitative estimate of drug-likeness (QED) is 0.102. The van der Waals surface area contributed by atoms with Gasteiger partial charge in [-0.05, 0) is 36.2 Å². The molecule has 0 aliphatic heterocycles. The third-order valence-electron chi connectivity index (χ3n) is 7.54. The summed E-state index contributed by atoms with van der Waals surface area (Å²) in [5.74, 6) is 1.58. The van der Waals surface area contributed by atoms with Crippen LogP contribution in [0.5, 0.6) is 11.5 Å². The van der Waals surface area contributed by atoms with Crippen LogP contribution in [0, 0.1) is 0 Å². The molecular formula is C35H51BrN2O3S. The second-order valence-corrected chi connectivity index (χ2v) is 11.7. The summed E-state index contributed by atoms with van der Waals surface area (Å²) in [6.07, 6.45) is 18.4. The molecule has 1 heterocycles. The number of rotatable bonds is 21. The van der Waals surface area contributed by atoms with Crippen molar-refractivity contribution in [2.24, 2.45) is 0 Å². The zero-order valence-electron chi connectivity index (χ0n) is 26.0. The molecule has 0 aliphatic carbocycles. The highest BCUT2D eigenvalue weighted by molar-refractivity contribution is 7.07. The van der Waals surface area contributed by atoms with Crippen LogP contribution in [-0.4, -0.2) is 19.6 Å². The fourth-order valence-corrected chi connectivity index (χ4v) is 5.74. The molecule has 0 radical (unpaired) electrons. The van der Waals surface area contributed by atoms with Crippen LogP contribution >= 0.6 is 11.3 Å². The summed E-state index contributed by atoms with van der Waals surface area (Å²) in [6, 6.07) is 14.3. The van der Waals surface area contributed by atoms with Crippen LogP contribution in [0.15, 0.2) is 59.6 Å². The van der Waals surface area contributed by atoms with E-state index >= 15 is 0 Å². The number of halogens is 1. The highest BCUT2D eigenvalue weighted by atomic mass is 79.9. The monoisotopic (exact) mass is 658 g/mol. The molecule has 232 valence electrons. The number of hydrogen-bond donors (Lipinski definition) is 0. The van der Waals surface area contributed by atoms with E-state index in [9.17, 15) is 4.79 Å². The van der Waals surface area contributed by atoms with Gasteiger partial charge in [-0.1, -0.05) is 114 Å². The Balaban J connectivity index is 0.00000616. The van der Waals surface area contributed by atoms with Crippen molar-refractivity contribution in [2.75, 3.05) is 18.6 Å². The Morgan fingerprint density at radius 2 is 1.52 bits per heavy atom. The predicted molar refractivity (Wildman–Crippen MR) is 171 cm³/mol. The minimum atomic E-state index is 0. The Morgan fingerprint density at radius 3 is 2.14 bits per heavy atom. The summed E-state index contributed by atoms with van der Waals surface area (Å²) < 4.78 is 13.9. The maximum Gasteiger partial charge on any atom is 0.227 e. The zero-order valence-corrected chi connectivity index (χ0v) is 28.4. The summed E-state index contributed by atoms with van der Waals surface area (Å²) in [5.41, 5.74) is 5.20. The van der Waals surface area contributed by atoms with E-state index in [2.05, 4.69) is 40.7 Å². The van der Waals surface area contributed by atoms with Crippen LogP contribution in [-0.2, 0) is 17.9 Å². The maximum absolute atomic E-state index is 13.0. The highest BCUT2D eigenvalue weighted by Crippen LogP contribution is 2.30. The number of anilines is 1. The third-order valence-corrected chi connectivity index (χ3v) is 8.21. The van der Waals surface area contributed by atoms with Crippen molar-refractivity contribution in [3.63, 3.8) is 0 Å². The standard InChI is InChI=1S/C35H51N2O3S.BrH/c1-4-6-7-8-9-10-11-12-13-14-15-16-23-40-34-26-31(20-21-33(34)39-3)28-37(35(38)5-2)32-19-17-18-30(25-32)27-36-22-24-41-29-36;/h17-22,24-26,29H,4-16,23,27-28H2,1-3H3;1H/q+1;/p-1. The number of nitrogens with zero attached hydrogens (tertiary/aromatic N) is 2. The smallest absolute Gasteiger partial charge is 0.227 e. The summed E-state index contributed by atoms with van der Waals surface area (Å²) in [6.45, 7) is 6.14. The third kappa shape index (κ3) is 12.9. The van der Waals surface area contributed by atoms with Gasteiger partial charge in [0.2, 0.25) is 11.4 Å². The lowest BCUT2D eigenvalue weighted by Crippen LogP contribution is -3.00. The van der Waals surface area contributed by atoms with Crippen LogP contribution < -0.4 is 35.9 Å². The molecule has 0 saturated carbocycles. The van der Waals surface area contributed by atoms with E-state index in [-0.39, 0.29) is 22.9 Å². The van der Waals surface area contributed by atoms with Crippen molar-refractivity contribution in [3.8, 4) is 11.5 Å². The van der Waals surface area contributed by atoms with Gasteiger partial charge in [0.15, 0.2) is 24.2 Å². The van der Waals surface area contributed by atoms with E-state index in [1.165, 1.54) is 76.2 Å². The number of methoxy groups -OCH3 is 1. The lowest BCUT2D eigenvalue weighted by atomic mass is 10.1. The van der Waals surface area contributed by atoms with Crippen LogP contribution in [0.1, 0.15) is 108 Å². The number of carbonyl (C=O) groups excluding carboxylic acids is 1. The second-order valence-electron chi connectivity index (χ2n) is 10.9. The highest BCUT2D eigenvalue weighted by Gasteiger charge is 2.17. The van der Waals surface area contributed by atoms with Gasteiger partial charge < -0.3 is 31.4 Å². The van der Waals surface area contributed by atoms with Crippen molar-refractivity contribution in [2.45, 2.75) is 110 Å². The van der Waals surface area contributed by atoms with Crippen molar-refractivity contribution < 1.29 is 35.8 Å². The molecule has 0 fully saturated rings. The van der Waals surface area contributed by atoms with E-state index < -0.39 is 0 Å². The molecule has 1 aromatic heterocycles. The Kier molecular flexibility index (Phi) is 18.2. The topological polar surface area (TPSA) is 42.7 Å². The van der Waals surface area contributed by atoms with Gasteiger partial charge >= 0.3 is 0 Å². The van der Waals surface area contributed by atoms with Gasteiger partial charge in [-0.3, -0.25) is 4.79 Å². The van der Waals surface area contributed by atoms with E-state index in [4.69, 9.17) is 9.47 Å². The number of hydrogen-bond acceptors (Lipinski definition) is 4. The molecule has 0 unspecified atom stereocenters. The average Bonchev–Trinajstić information content (AvgIpc) is 3.51. The van der Waals surface area contributed by atoms with Gasteiger partial charge in [0.05, 0.1) is 25.6 Å². The molecule has 2 aromatic carbocycles. The molecule has 7 heteroatoms. The Morgan fingerprint density at radius 1 is 0.833 bits per heavy atom. The zero-order chi connectivity index (χ0) is 29.1. The first-order valence-electron chi connectivity index (χ1n) is 15.7. The molecule has 0 atom stereocenters. The molecule has 1 amide bonds. The number of aromatic nitrogens is 1. The van der Waals surface area contributed by atoms with E-state index in [1.807, 2.05) is 42.2 Å². The SMILES string of the molecule is CCCCCCCCCCCCCCOc1cc(CN(C(=O)CC)c2cccc(C[n+]3ccsc3)c2)ccc1OC.[Br-]. The van der Waals surface area contributed by atoms with Crippen molar-refractivity contribution >= 4 is 22.9 Å². The Labute approximate surface area is 269 Å². The summed E-state index contributed by atoms with van der Waals surface area (Å²) in [5, 5.41) is 2.07. The first-order valence-corrected chi connectivity index (χ1v) is 16.7. The van der Waals surface area contributed by atoms with Gasteiger partial charge in [-0.25, -0.2) is 0 Å². The molecule has 3 rings (SSSR count). The first kappa shape index (κ1) is 35.8. The van der Waals surface area contributed by atoms with E-state index in [1.54, 1.807) is 18.4 Å². The normalized spacial score (nSPS) is 10.7. The average molecular weight is 660 g/mol. The number of carbonyl (C=O) groups is 1. The largest absolute Gasteiger partial charge is 1.00 e. The maximum atomic E-state index is 13.0. The molecule has 0 bridgehead atoms. The van der Waals surface area contributed by atoms with Crippen molar-refractivity contribution in [1.29, 1.82) is 0 Å². The second kappa shape index (κ2) is 21.3. The van der Waals surface area contributed by atoms with Gasteiger partial charge in [0.25, 0.3) is 0 Å². The molecule has 0 saturated heterocycles. The lowest BCUT2D eigenvalue weighted by molar-refractivity contribution is -0.683. The number of benzene rings is 2. The number of thiazole rings is 1. The number of unbranched alkanes of at least 4 members (excludes halogenated alkanes) is 11. The van der Waals surface area contributed by atoms with Crippen molar-refractivity contribution in [1.82, 2.24) is 0 Å². The molecule has 42 heavy (non-hydrogen) atoms. The molecule has 3 aromatic rings. The number of ether oxygens (including phenoxy) is 2. The Hall–Kier alpha value is -2.38. The fourth-order valence-electron chi connectivity index (χ4n) is 5.14. The lowest BCUT2D eigenvalue weighted by Gasteiger charge is -2.23. The van der Waals surface area contributed by atoms with Crippen LogP contribution in [0.2, 0.25) is 0 Å². The van der Waals surface area contributed by atoms with Crippen LogP contribution in [0.3, 0.4) is 0 Å². The minimum absolute atomic E-state index is 0. The van der Waals surface area contributed by atoms with Gasteiger partial charge in [-0.15, -0.1) is 0 Å². The van der Waals surface area contributed by atoms with E-state index in [0.717, 1.165) is 35.7 Å². The molecule has 5 nitrogen and oxygen atoms in total. The molecular weight excluding hydrogens is 608 g/mol. The van der Waals surface area contributed by atoms with Gasteiger partial charge in [0.1, 0.15) is 0 Å². The Bertz CT molecular complexity index is 1140. The summed E-state index contributed by atoms with van der Waals surface area (Å²) >= 11 is 1.68. The predicted octanol–water partition coefficient (Wildman–Crippen LogP) is 6.12. The van der Waals surface area contributed by atoms with Gasteiger partial charge in [0, 0.05) is 17.7 Å². The minimum Gasteiger partial charge on any atom is -1.00 e. The van der Waals surface area contributed by atoms with Crippen LogP contribution in [0.4, 0.5) is 5.69 Å². The molecule has 0 N–H and O–H groups in total. The fraction of sp³-hybridized carbons (Fsp3) is 0.543. The summed E-state index contributed by atoms with van der Waals surface area (Å²) in [4.78, 5) is 14.9. The van der Waals surface area contributed by atoms with Crippen LogP contribution in [0.25, 0.3) is 0 Å². The van der Waals surface area contributed by atoms with Gasteiger partial charge in [-0.2, -0.15) is 4.57 Å². The number of amides is 1. The van der Waals surface area contributed by atoms with E-state index in [0.29, 0.717) is 19.6 Å². The summed E-state index contributed by atoms with van der Waals surface area (Å²) in [7, 11) is 1.68. The van der Waals surface area contributed by atoms with Crippen molar-refractivity contribution in [3.05, 3.63) is 70.7 Å².